The first kappa shape index (κ1) is 12.8. The molecule has 3 N–H and O–H groups in total. The standard InChI is InChI=1S/C13H20N4O/c14-12-10-11(4-6-15-12)13(18)16-5-3-9-17-7-1-2-8-17/h4,6,10H,1-3,5,7-9H2,(H2,14,15)(H,16,18). The number of anilines is 1. The Morgan fingerprint density at radius 1 is 1.44 bits per heavy atom. The van der Waals surface area contributed by atoms with Crippen LogP contribution in [0.15, 0.2) is 18.3 Å². The van der Waals surface area contributed by atoms with Crippen molar-refractivity contribution < 1.29 is 4.79 Å². The van der Waals surface area contributed by atoms with Crippen LogP contribution < -0.4 is 11.1 Å². The van der Waals surface area contributed by atoms with E-state index in [0.717, 1.165) is 13.0 Å². The fourth-order valence-corrected chi connectivity index (χ4v) is 2.20. The number of hydrogen-bond donors (Lipinski definition) is 2. The molecule has 0 unspecified atom stereocenters. The summed E-state index contributed by atoms with van der Waals surface area (Å²) in [6.45, 7) is 4.18. The number of hydrogen-bond acceptors (Lipinski definition) is 4. The van der Waals surface area contributed by atoms with E-state index < -0.39 is 0 Å². The molecular formula is C13H20N4O. The lowest BCUT2D eigenvalue weighted by molar-refractivity contribution is 0.0952. The Kier molecular flexibility index (Phi) is 4.52. The highest BCUT2D eigenvalue weighted by molar-refractivity contribution is 5.94. The van der Waals surface area contributed by atoms with Gasteiger partial charge in [-0.05, 0) is 51.0 Å². The maximum Gasteiger partial charge on any atom is 0.251 e. The van der Waals surface area contributed by atoms with E-state index in [4.69, 9.17) is 5.73 Å². The second-order valence-corrected chi connectivity index (χ2v) is 4.63. The molecule has 1 fully saturated rings. The summed E-state index contributed by atoms with van der Waals surface area (Å²) in [6, 6.07) is 3.27. The highest BCUT2D eigenvalue weighted by Gasteiger charge is 2.10. The molecular weight excluding hydrogens is 228 g/mol. The van der Waals surface area contributed by atoms with Crippen LogP contribution in [0.5, 0.6) is 0 Å². The third kappa shape index (κ3) is 3.70. The molecule has 1 aliphatic rings. The maximum absolute atomic E-state index is 11.8. The number of carbonyl (C=O) groups excluding carboxylic acids is 1. The van der Waals surface area contributed by atoms with E-state index in [1.807, 2.05) is 0 Å². The van der Waals surface area contributed by atoms with Gasteiger partial charge in [-0.2, -0.15) is 0 Å². The second-order valence-electron chi connectivity index (χ2n) is 4.63. The number of nitrogen functional groups attached to an aromatic ring is 1. The number of amides is 1. The van der Waals surface area contributed by atoms with Crippen molar-refractivity contribution >= 4 is 11.7 Å². The van der Waals surface area contributed by atoms with Crippen molar-refractivity contribution in [3.05, 3.63) is 23.9 Å². The molecule has 2 rings (SSSR count). The Morgan fingerprint density at radius 2 is 2.22 bits per heavy atom. The predicted molar refractivity (Wildman–Crippen MR) is 71.3 cm³/mol. The number of likely N-dealkylation sites (tertiary alicyclic amines) is 1. The van der Waals surface area contributed by atoms with Crippen molar-refractivity contribution in [2.24, 2.45) is 0 Å². The minimum absolute atomic E-state index is 0.0782. The van der Waals surface area contributed by atoms with Crippen LogP contribution >= 0.6 is 0 Å². The summed E-state index contributed by atoms with van der Waals surface area (Å²) in [4.78, 5) is 18.1. The largest absolute Gasteiger partial charge is 0.384 e. The Balaban J connectivity index is 1.68. The lowest BCUT2D eigenvalue weighted by Gasteiger charge is -2.14. The summed E-state index contributed by atoms with van der Waals surface area (Å²) < 4.78 is 0. The molecule has 5 nitrogen and oxygen atoms in total. The average Bonchev–Trinajstić information content (AvgIpc) is 2.87. The molecule has 0 aromatic carbocycles. The molecule has 18 heavy (non-hydrogen) atoms. The summed E-state index contributed by atoms with van der Waals surface area (Å²) >= 11 is 0. The van der Waals surface area contributed by atoms with Crippen molar-refractivity contribution in [2.75, 3.05) is 31.9 Å². The molecule has 5 heteroatoms. The molecule has 0 spiro atoms. The predicted octanol–water partition coefficient (Wildman–Crippen LogP) is 0.879. The molecule has 1 amide bonds. The number of aromatic nitrogens is 1. The summed E-state index contributed by atoms with van der Waals surface area (Å²) in [5, 5.41) is 2.90. The van der Waals surface area contributed by atoms with E-state index in [9.17, 15) is 4.79 Å². The Labute approximate surface area is 107 Å². The minimum Gasteiger partial charge on any atom is -0.384 e. The van der Waals surface area contributed by atoms with Crippen molar-refractivity contribution in [2.45, 2.75) is 19.3 Å². The Bertz CT molecular complexity index is 402. The molecule has 0 aliphatic carbocycles. The fraction of sp³-hybridized carbons (Fsp3) is 0.538. The van der Waals surface area contributed by atoms with Gasteiger partial charge < -0.3 is 16.0 Å². The van der Waals surface area contributed by atoms with E-state index in [0.29, 0.717) is 17.9 Å². The van der Waals surface area contributed by atoms with Crippen LogP contribution in [0.3, 0.4) is 0 Å². The van der Waals surface area contributed by atoms with Crippen LogP contribution in [0, 0.1) is 0 Å². The molecule has 1 aliphatic heterocycles. The number of nitrogens with zero attached hydrogens (tertiary/aromatic N) is 2. The monoisotopic (exact) mass is 248 g/mol. The molecule has 1 saturated heterocycles. The maximum atomic E-state index is 11.8. The molecule has 1 aromatic heterocycles. The van der Waals surface area contributed by atoms with E-state index in [-0.39, 0.29) is 5.91 Å². The molecule has 0 saturated carbocycles. The first-order valence-corrected chi connectivity index (χ1v) is 6.48. The highest BCUT2D eigenvalue weighted by atomic mass is 16.1. The topological polar surface area (TPSA) is 71.2 Å². The second kappa shape index (κ2) is 6.35. The number of nitrogens with one attached hydrogen (secondary N) is 1. The molecule has 0 atom stereocenters. The Hall–Kier alpha value is -1.62. The molecule has 0 radical (unpaired) electrons. The third-order valence-electron chi connectivity index (χ3n) is 3.18. The SMILES string of the molecule is Nc1cc(C(=O)NCCCN2CCCC2)ccn1. The van der Waals surface area contributed by atoms with Gasteiger partial charge in [0, 0.05) is 18.3 Å². The lowest BCUT2D eigenvalue weighted by Crippen LogP contribution is -2.28. The zero-order chi connectivity index (χ0) is 12.8. The number of pyridine rings is 1. The van der Waals surface area contributed by atoms with Gasteiger partial charge >= 0.3 is 0 Å². The Morgan fingerprint density at radius 3 is 2.94 bits per heavy atom. The summed E-state index contributed by atoms with van der Waals surface area (Å²) in [5.41, 5.74) is 6.11. The first-order chi connectivity index (χ1) is 8.75. The van der Waals surface area contributed by atoms with E-state index in [2.05, 4.69) is 15.2 Å². The van der Waals surface area contributed by atoms with Crippen LogP contribution in [-0.4, -0.2) is 42.0 Å². The smallest absolute Gasteiger partial charge is 0.251 e. The van der Waals surface area contributed by atoms with Gasteiger partial charge in [0.25, 0.3) is 5.91 Å². The summed E-state index contributed by atoms with van der Waals surface area (Å²) in [5.74, 6) is 0.297. The lowest BCUT2D eigenvalue weighted by atomic mass is 10.2. The van der Waals surface area contributed by atoms with Crippen LogP contribution in [-0.2, 0) is 0 Å². The first-order valence-electron chi connectivity index (χ1n) is 6.48. The van der Waals surface area contributed by atoms with Crippen LogP contribution in [0.25, 0.3) is 0 Å². The minimum atomic E-state index is -0.0782. The van der Waals surface area contributed by atoms with Gasteiger partial charge in [0.15, 0.2) is 0 Å². The van der Waals surface area contributed by atoms with Crippen molar-refractivity contribution in [1.82, 2.24) is 15.2 Å². The van der Waals surface area contributed by atoms with Crippen molar-refractivity contribution in [3.63, 3.8) is 0 Å². The van der Waals surface area contributed by atoms with Crippen LogP contribution in [0.2, 0.25) is 0 Å². The van der Waals surface area contributed by atoms with Crippen LogP contribution in [0.1, 0.15) is 29.6 Å². The van der Waals surface area contributed by atoms with Gasteiger partial charge in [0.05, 0.1) is 0 Å². The van der Waals surface area contributed by atoms with Crippen molar-refractivity contribution in [3.8, 4) is 0 Å². The molecule has 1 aromatic rings. The van der Waals surface area contributed by atoms with Gasteiger partial charge in [-0.1, -0.05) is 0 Å². The number of rotatable bonds is 5. The quantitative estimate of drug-likeness (QED) is 0.759. The van der Waals surface area contributed by atoms with Gasteiger partial charge in [0.2, 0.25) is 0 Å². The molecule has 0 bridgehead atoms. The van der Waals surface area contributed by atoms with E-state index in [1.54, 1.807) is 18.3 Å². The average molecular weight is 248 g/mol. The zero-order valence-corrected chi connectivity index (χ0v) is 10.6. The van der Waals surface area contributed by atoms with Crippen LogP contribution in [0.4, 0.5) is 5.82 Å². The van der Waals surface area contributed by atoms with Gasteiger partial charge in [-0.25, -0.2) is 4.98 Å². The van der Waals surface area contributed by atoms with Gasteiger partial charge in [-0.15, -0.1) is 0 Å². The number of carbonyl (C=O) groups is 1. The third-order valence-corrected chi connectivity index (χ3v) is 3.18. The van der Waals surface area contributed by atoms with E-state index >= 15 is 0 Å². The summed E-state index contributed by atoms with van der Waals surface area (Å²) in [6.07, 6.45) is 5.16. The van der Waals surface area contributed by atoms with E-state index in [1.165, 1.54) is 25.9 Å². The molecule has 98 valence electrons. The van der Waals surface area contributed by atoms with Crippen molar-refractivity contribution in [1.29, 1.82) is 0 Å². The van der Waals surface area contributed by atoms with Gasteiger partial charge in [-0.3, -0.25) is 4.79 Å². The highest BCUT2D eigenvalue weighted by Crippen LogP contribution is 2.07. The molecule has 2 heterocycles. The summed E-state index contributed by atoms with van der Waals surface area (Å²) in [7, 11) is 0. The van der Waals surface area contributed by atoms with Gasteiger partial charge in [0.1, 0.15) is 5.82 Å². The fourth-order valence-electron chi connectivity index (χ4n) is 2.20. The zero-order valence-electron chi connectivity index (χ0n) is 10.6. The number of nitrogens with two attached hydrogens (primary N) is 1. The normalized spacial score (nSPS) is 15.8.